The molecule has 0 saturated carbocycles. The van der Waals surface area contributed by atoms with E-state index in [0.717, 1.165) is 0 Å². The van der Waals surface area contributed by atoms with Crippen molar-refractivity contribution in [3.05, 3.63) is 34.4 Å². The molecule has 0 aromatic carbocycles. The average Bonchev–Trinajstić information content (AvgIpc) is 3.01. The van der Waals surface area contributed by atoms with Gasteiger partial charge >= 0.3 is 0 Å². The Labute approximate surface area is 130 Å². The second kappa shape index (κ2) is 6.44. The third kappa shape index (κ3) is 3.34. The number of allylic oxidation sites excluding steroid dienone is 4. The smallest absolute Gasteiger partial charge is 0.235 e. The van der Waals surface area contributed by atoms with Crippen molar-refractivity contribution in [3.8, 4) is 0 Å². The summed E-state index contributed by atoms with van der Waals surface area (Å²) in [4.78, 5) is 2.37. The molecule has 0 radical (unpaired) electrons. The van der Waals surface area contributed by atoms with Crippen LogP contribution in [0.5, 0.6) is 0 Å². The van der Waals surface area contributed by atoms with Crippen LogP contribution in [0.25, 0.3) is 0 Å². The topological polar surface area (TPSA) is 6.25 Å². The highest BCUT2D eigenvalue weighted by Crippen LogP contribution is 2.31. The van der Waals surface area contributed by atoms with E-state index in [-0.39, 0.29) is 0 Å². The predicted octanol–water partition coefficient (Wildman–Crippen LogP) is 3.33. The molecule has 1 fully saturated rings. The normalized spacial score (nSPS) is 27.9. The summed E-state index contributed by atoms with van der Waals surface area (Å²) in [7, 11) is 4.40. The third-order valence-electron chi connectivity index (χ3n) is 4.03. The van der Waals surface area contributed by atoms with Gasteiger partial charge in [-0.05, 0) is 36.5 Å². The van der Waals surface area contributed by atoms with E-state index in [1.54, 1.807) is 0 Å². The van der Waals surface area contributed by atoms with Crippen molar-refractivity contribution in [3.63, 3.8) is 0 Å². The average molecular weight is 308 g/mol. The van der Waals surface area contributed by atoms with E-state index in [9.17, 15) is 0 Å². The van der Waals surface area contributed by atoms with E-state index in [4.69, 9.17) is 0 Å². The quantitative estimate of drug-likeness (QED) is 0.722. The molecule has 0 spiro atoms. The van der Waals surface area contributed by atoms with Crippen LogP contribution in [-0.4, -0.2) is 53.2 Å². The molecule has 20 heavy (non-hydrogen) atoms. The zero-order valence-corrected chi connectivity index (χ0v) is 14.0. The summed E-state index contributed by atoms with van der Waals surface area (Å²) in [5.74, 6) is 2.47. The van der Waals surface area contributed by atoms with Crippen LogP contribution in [0.15, 0.2) is 34.4 Å². The molecule has 0 bridgehead atoms. The van der Waals surface area contributed by atoms with Gasteiger partial charge in [-0.2, -0.15) is 0 Å². The van der Waals surface area contributed by atoms with Gasteiger partial charge in [0.25, 0.3) is 0 Å². The lowest BCUT2D eigenvalue weighted by Gasteiger charge is -2.16. The van der Waals surface area contributed by atoms with Gasteiger partial charge in [0.2, 0.25) is 5.04 Å². The Bertz CT molecular complexity index is 515. The number of nitrogens with zero attached hydrogens (tertiary/aromatic N) is 2. The van der Waals surface area contributed by atoms with Crippen LogP contribution in [0.3, 0.4) is 0 Å². The molecule has 108 valence electrons. The first kappa shape index (κ1) is 14.3. The van der Waals surface area contributed by atoms with Gasteiger partial charge in [0.1, 0.15) is 7.05 Å². The molecule has 4 heteroatoms. The van der Waals surface area contributed by atoms with Gasteiger partial charge in [0.05, 0.1) is 10.8 Å². The second-order valence-corrected chi connectivity index (χ2v) is 7.88. The molecule has 0 unspecified atom stereocenters. The van der Waals surface area contributed by atoms with Crippen molar-refractivity contribution in [1.29, 1.82) is 0 Å². The Balaban J connectivity index is 1.79. The summed E-state index contributed by atoms with van der Waals surface area (Å²) in [6.45, 7) is 2.37. The van der Waals surface area contributed by atoms with Crippen LogP contribution in [0.2, 0.25) is 0 Å². The Hall–Kier alpha value is -0.610. The Kier molecular flexibility index (Phi) is 4.61. The Morgan fingerprint density at radius 1 is 1.20 bits per heavy atom. The summed E-state index contributed by atoms with van der Waals surface area (Å²) in [6.07, 6.45) is 11.0. The van der Waals surface area contributed by atoms with Crippen LogP contribution < -0.4 is 0 Å². The zero-order chi connectivity index (χ0) is 13.9. The van der Waals surface area contributed by atoms with Crippen molar-refractivity contribution in [2.24, 2.45) is 0 Å². The SMILES string of the molecule is CN1CCS/C1=C\C1=CC(=C/C2=[N+](C)CCS2)/CCC1. The van der Waals surface area contributed by atoms with Crippen molar-refractivity contribution < 1.29 is 4.58 Å². The third-order valence-corrected chi connectivity index (χ3v) is 6.25. The number of hydrogen-bond donors (Lipinski definition) is 0. The molecule has 3 rings (SSSR count). The zero-order valence-electron chi connectivity index (χ0n) is 12.4. The predicted molar refractivity (Wildman–Crippen MR) is 91.7 cm³/mol. The van der Waals surface area contributed by atoms with Crippen LogP contribution in [0, 0.1) is 0 Å². The highest BCUT2D eigenvalue weighted by molar-refractivity contribution is 8.14. The maximum atomic E-state index is 2.42. The lowest BCUT2D eigenvalue weighted by Crippen LogP contribution is -2.11. The van der Waals surface area contributed by atoms with Crippen LogP contribution >= 0.6 is 23.5 Å². The standard InChI is InChI=1S/C16H23N2S2/c1-17-6-8-19-15(17)11-13-4-3-5-14(10-13)12-16-18(2)7-9-20-16/h10-12H,3-9H2,1-2H3/q+1. The minimum Gasteiger partial charge on any atom is -0.369 e. The summed E-state index contributed by atoms with van der Waals surface area (Å²) >= 11 is 3.98. The summed E-state index contributed by atoms with van der Waals surface area (Å²) in [5.41, 5.74) is 3.01. The highest BCUT2D eigenvalue weighted by Gasteiger charge is 2.19. The van der Waals surface area contributed by atoms with Gasteiger partial charge in [-0.15, -0.1) is 11.8 Å². The first-order valence-corrected chi connectivity index (χ1v) is 9.37. The molecular weight excluding hydrogens is 284 g/mol. The molecule has 2 aliphatic heterocycles. The van der Waals surface area contributed by atoms with E-state index >= 15 is 0 Å². The molecular formula is C16H23N2S2+. The fourth-order valence-corrected chi connectivity index (χ4v) is 4.98. The maximum Gasteiger partial charge on any atom is 0.235 e. The fourth-order valence-electron chi connectivity index (χ4n) is 2.74. The Morgan fingerprint density at radius 2 is 2.10 bits per heavy atom. The number of thioether (sulfide) groups is 2. The Morgan fingerprint density at radius 3 is 2.80 bits per heavy atom. The van der Waals surface area contributed by atoms with E-state index in [2.05, 4.69) is 41.8 Å². The lowest BCUT2D eigenvalue weighted by atomic mass is 9.95. The number of rotatable bonds is 2. The summed E-state index contributed by atoms with van der Waals surface area (Å²) in [6, 6.07) is 0. The van der Waals surface area contributed by atoms with Crippen LogP contribution in [0.4, 0.5) is 0 Å². The van der Waals surface area contributed by atoms with Gasteiger partial charge in [-0.3, -0.25) is 0 Å². The molecule has 2 heterocycles. The van der Waals surface area contributed by atoms with Crippen molar-refractivity contribution in [2.75, 3.05) is 38.7 Å². The van der Waals surface area contributed by atoms with Gasteiger partial charge in [-0.25, -0.2) is 4.58 Å². The van der Waals surface area contributed by atoms with Crippen LogP contribution in [-0.2, 0) is 0 Å². The van der Waals surface area contributed by atoms with Crippen molar-refractivity contribution >= 4 is 28.6 Å². The molecule has 0 aromatic heterocycles. The van der Waals surface area contributed by atoms with E-state index < -0.39 is 0 Å². The molecule has 1 aliphatic carbocycles. The van der Waals surface area contributed by atoms with Crippen molar-refractivity contribution in [1.82, 2.24) is 4.90 Å². The molecule has 0 atom stereocenters. The van der Waals surface area contributed by atoms with Crippen LogP contribution in [0.1, 0.15) is 19.3 Å². The molecule has 3 aliphatic rings. The molecule has 2 nitrogen and oxygen atoms in total. The summed E-state index contributed by atoms with van der Waals surface area (Å²) < 4.78 is 2.37. The first-order valence-electron chi connectivity index (χ1n) is 7.40. The van der Waals surface area contributed by atoms with Gasteiger partial charge in [0, 0.05) is 25.4 Å². The van der Waals surface area contributed by atoms with Gasteiger partial charge in [0.15, 0.2) is 6.54 Å². The van der Waals surface area contributed by atoms with E-state index in [0.29, 0.717) is 0 Å². The second-order valence-electron chi connectivity index (χ2n) is 5.65. The molecule has 1 saturated heterocycles. The monoisotopic (exact) mass is 307 g/mol. The summed E-state index contributed by atoms with van der Waals surface area (Å²) in [5, 5.41) is 2.88. The molecule has 0 aromatic rings. The lowest BCUT2D eigenvalue weighted by molar-refractivity contribution is -0.485. The first-order chi connectivity index (χ1) is 9.72. The van der Waals surface area contributed by atoms with Gasteiger partial charge in [-0.1, -0.05) is 17.8 Å². The largest absolute Gasteiger partial charge is 0.369 e. The number of hydrogen-bond acceptors (Lipinski definition) is 3. The molecule has 0 N–H and O–H groups in total. The minimum absolute atomic E-state index is 1.19. The molecule has 0 amide bonds. The maximum absolute atomic E-state index is 2.42. The van der Waals surface area contributed by atoms with E-state index in [1.807, 2.05) is 23.5 Å². The minimum atomic E-state index is 1.19. The van der Waals surface area contributed by atoms with E-state index in [1.165, 1.54) is 65.1 Å². The highest BCUT2D eigenvalue weighted by atomic mass is 32.2. The van der Waals surface area contributed by atoms with Crippen molar-refractivity contribution in [2.45, 2.75) is 19.3 Å². The van der Waals surface area contributed by atoms with Gasteiger partial charge < -0.3 is 4.90 Å². The fraction of sp³-hybridized carbons (Fsp3) is 0.562.